The molecule has 7 atom stereocenters. The van der Waals surface area contributed by atoms with Crippen LogP contribution in [0.15, 0.2) is 0 Å². The Labute approximate surface area is 183 Å². The normalized spacial score (nSPS) is 38.7. The molecule has 0 spiro atoms. The van der Waals surface area contributed by atoms with Gasteiger partial charge in [-0.25, -0.2) is 10.6 Å². The number of ketones is 2. The van der Waals surface area contributed by atoms with Crippen LogP contribution < -0.4 is 11.3 Å². The number of methoxy groups -OCH3 is 1. The first-order valence-electron chi connectivity index (χ1n) is 10.4. The maximum Gasteiger partial charge on any atom is 0.422 e. The number of carbonyl (C=O) groups excluding carboxylic acids is 4. The molecular weight excluding hydrogens is 408 g/mol. The number of hydrazine groups is 1. The van der Waals surface area contributed by atoms with Gasteiger partial charge >= 0.3 is 12.1 Å². The van der Waals surface area contributed by atoms with Crippen LogP contribution in [0.2, 0.25) is 0 Å². The average Bonchev–Trinajstić information content (AvgIpc) is 2.70. The van der Waals surface area contributed by atoms with Crippen molar-refractivity contribution in [2.75, 3.05) is 7.11 Å². The molecular formula is C21H36N2O8. The molecule has 0 aromatic heterocycles. The van der Waals surface area contributed by atoms with Crippen LogP contribution in [0.25, 0.3) is 0 Å². The lowest BCUT2D eigenvalue weighted by Crippen LogP contribution is -2.50. The van der Waals surface area contributed by atoms with Crippen LogP contribution in [0, 0.1) is 23.7 Å². The Morgan fingerprint density at radius 1 is 1.03 bits per heavy atom. The number of cyclic esters (lactones) is 1. The number of carbonyl (C=O) groups is 4. The molecule has 0 aromatic rings. The Bertz CT molecular complexity index is 699. The maximum atomic E-state index is 13.0. The number of rotatable bonds is 2. The number of nitrogens with two attached hydrogens (primary N) is 1. The van der Waals surface area contributed by atoms with E-state index in [4.69, 9.17) is 20.1 Å². The van der Waals surface area contributed by atoms with E-state index in [0.29, 0.717) is 0 Å². The van der Waals surface area contributed by atoms with Gasteiger partial charge in [0.05, 0.1) is 0 Å². The summed E-state index contributed by atoms with van der Waals surface area (Å²) in [6, 6.07) is 0. The van der Waals surface area contributed by atoms with Crippen LogP contribution in [-0.4, -0.2) is 53.3 Å². The first-order valence-corrected chi connectivity index (χ1v) is 10.4. The van der Waals surface area contributed by atoms with Crippen molar-refractivity contribution in [1.82, 2.24) is 5.43 Å². The lowest BCUT2D eigenvalue weighted by atomic mass is 9.79. The summed E-state index contributed by atoms with van der Waals surface area (Å²) >= 11 is 0. The highest BCUT2D eigenvalue weighted by Gasteiger charge is 2.44. The predicted molar refractivity (Wildman–Crippen MR) is 110 cm³/mol. The summed E-state index contributed by atoms with van der Waals surface area (Å²) in [5.41, 5.74) is 0.460. The summed E-state index contributed by atoms with van der Waals surface area (Å²) < 4.78 is 16.1. The lowest BCUT2D eigenvalue weighted by Gasteiger charge is -2.38. The third kappa shape index (κ3) is 6.72. The van der Waals surface area contributed by atoms with E-state index in [9.17, 15) is 24.3 Å². The van der Waals surface area contributed by atoms with Crippen LogP contribution in [0.5, 0.6) is 0 Å². The quantitative estimate of drug-likeness (QED) is 0.143. The maximum absolute atomic E-state index is 13.0. The monoisotopic (exact) mass is 444 g/mol. The van der Waals surface area contributed by atoms with Crippen LogP contribution in [0.3, 0.4) is 0 Å². The van der Waals surface area contributed by atoms with E-state index < -0.39 is 59.0 Å². The molecule has 1 fully saturated rings. The minimum atomic E-state index is -1.72. The van der Waals surface area contributed by atoms with E-state index >= 15 is 0 Å². The van der Waals surface area contributed by atoms with E-state index in [1.54, 1.807) is 20.8 Å². The van der Waals surface area contributed by atoms with Crippen LogP contribution >= 0.6 is 0 Å². The highest BCUT2D eigenvalue weighted by atomic mass is 16.6. The van der Waals surface area contributed by atoms with Crippen molar-refractivity contribution < 1.29 is 38.5 Å². The van der Waals surface area contributed by atoms with Crippen molar-refractivity contribution in [1.29, 1.82) is 0 Å². The van der Waals surface area contributed by atoms with Crippen LogP contribution in [0.4, 0.5) is 4.79 Å². The van der Waals surface area contributed by atoms with Crippen molar-refractivity contribution >= 4 is 23.6 Å². The SMILES string of the molecule is COC1(O)CC(C)C(=O)[C@H](C)CC(C)(OC(=O)NN)C(C)OC(=O)[C@H](C)C(=O)[C@@H](C)C1. The summed E-state index contributed by atoms with van der Waals surface area (Å²) in [4.78, 5) is 50.3. The zero-order chi connectivity index (χ0) is 24.1. The molecule has 178 valence electrons. The fraction of sp³-hybridized carbons (Fsp3) is 0.810. The summed E-state index contributed by atoms with van der Waals surface area (Å²) in [5, 5.41) is 10.9. The first kappa shape index (κ1) is 27.0. The first-order chi connectivity index (χ1) is 14.2. The van der Waals surface area contributed by atoms with Gasteiger partial charge in [-0.15, -0.1) is 0 Å². The molecule has 1 amide bonds. The van der Waals surface area contributed by atoms with Crippen molar-refractivity contribution in [2.45, 2.75) is 78.3 Å². The topological polar surface area (TPSA) is 154 Å². The fourth-order valence-electron chi connectivity index (χ4n) is 4.08. The number of amides is 1. The second-order valence-corrected chi connectivity index (χ2v) is 8.92. The zero-order valence-electron chi connectivity index (χ0n) is 19.4. The minimum absolute atomic E-state index is 0.0282. The summed E-state index contributed by atoms with van der Waals surface area (Å²) in [7, 11) is 1.30. The third-order valence-electron chi connectivity index (χ3n) is 6.18. The van der Waals surface area contributed by atoms with Crippen molar-refractivity contribution in [2.24, 2.45) is 29.5 Å². The molecule has 0 saturated carbocycles. The van der Waals surface area contributed by atoms with Gasteiger partial charge in [0.15, 0.2) is 5.79 Å². The van der Waals surface area contributed by atoms with Gasteiger partial charge in [0.1, 0.15) is 29.2 Å². The van der Waals surface area contributed by atoms with Crippen molar-refractivity contribution in [3.8, 4) is 0 Å². The summed E-state index contributed by atoms with van der Waals surface area (Å²) in [5.74, 6) is -1.05. The Hall–Kier alpha value is -2.04. The Balaban J connectivity index is 3.39. The van der Waals surface area contributed by atoms with Gasteiger partial charge < -0.3 is 19.3 Å². The molecule has 1 heterocycles. The van der Waals surface area contributed by atoms with E-state index in [2.05, 4.69) is 0 Å². The Kier molecular flexibility index (Phi) is 9.16. The highest BCUT2D eigenvalue weighted by molar-refractivity contribution is 5.99. The number of hydrogen-bond donors (Lipinski definition) is 3. The molecule has 10 nitrogen and oxygen atoms in total. The Morgan fingerprint density at radius 3 is 2.00 bits per heavy atom. The standard InChI is InChI=1S/C21H36N2O8/c1-11-8-20(6,31-19(27)23-22)15(5)30-18(26)14(4)17(25)13(3)10-21(28,29-7)9-12(2)16(11)24/h11-15,28H,8-10,22H2,1-7H3,(H,23,27)/t11-,12?,13+,14-,15?,20?,21?/m1/s1. The largest absolute Gasteiger partial charge is 0.458 e. The van der Waals surface area contributed by atoms with E-state index in [0.717, 1.165) is 0 Å². The predicted octanol–water partition coefficient (Wildman–Crippen LogP) is 1.48. The number of esters is 1. The number of nitrogens with one attached hydrogen (secondary N) is 1. The van der Waals surface area contributed by atoms with Crippen molar-refractivity contribution in [3.05, 3.63) is 0 Å². The minimum Gasteiger partial charge on any atom is -0.458 e. The molecule has 0 radical (unpaired) electrons. The number of Topliss-reactive ketones (excluding diaryl/α,β-unsaturated/α-hetero) is 2. The molecule has 1 aliphatic rings. The second kappa shape index (κ2) is 10.5. The fourth-order valence-corrected chi connectivity index (χ4v) is 4.08. The van der Waals surface area contributed by atoms with Crippen LogP contribution in [-0.2, 0) is 28.6 Å². The van der Waals surface area contributed by atoms with Crippen LogP contribution in [0.1, 0.15) is 60.8 Å². The summed E-state index contributed by atoms with van der Waals surface area (Å²) in [6.45, 7) is 9.39. The lowest BCUT2D eigenvalue weighted by molar-refractivity contribution is -0.208. The molecule has 1 rings (SSSR count). The van der Waals surface area contributed by atoms with Gasteiger partial charge in [0.2, 0.25) is 0 Å². The molecule has 0 bridgehead atoms. The average molecular weight is 445 g/mol. The van der Waals surface area contributed by atoms with Crippen molar-refractivity contribution in [3.63, 3.8) is 0 Å². The Morgan fingerprint density at radius 2 is 1.52 bits per heavy atom. The van der Waals surface area contributed by atoms with Gasteiger partial charge in [0.25, 0.3) is 0 Å². The molecule has 0 aliphatic carbocycles. The molecule has 4 N–H and O–H groups in total. The highest BCUT2D eigenvalue weighted by Crippen LogP contribution is 2.34. The number of hydrogen-bond acceptors (Lipinski definition) is 9. The van der Waals surface area contributed by atoms with Gasteiger partial charge in [0, 0.05) is 44.1 Å². The van der Waals surface area contributed by atoms with Gasteiger partial charge in [-0.3, -0.25) is 19.8 Å². The van der Waals surface area contributed by atoms with E-state index in [1.807, 2.05) is 5.43 Å². The molecule has 1 aliphatic heterocycles. The molecule has 31 heavy (non-hydrogen) atoms. The van der Waals surface area contributed by atoms with E-state index in [-0.39, 0.29) is 25.0 Å². The molecule has 4 unspecified atom stereocenters. The molecule has 10 heteroatoms. The smallest absolute Gasteiger partial charge is 0.422 e. The molecule has 0 aromatic carbocycles. The van der Waals surface area contributed by atoms with Gasteiger partial charge in [-0.2, -0.15) is 0 Å². The molecule has 1 saturated heterocycles. The van der Waals surface area contributed by atoms with E-state index in [1.165, 1.54) is 27.9 Å². The van der Waals surface area contributed by atoms with Gasteiger partial charge in [-0.1, -0.05) is 20.8 Å². The number of aliphatic hydroxyl groups is 1. The van der Waals surface area contributed by atoms with Gasteiger partial charge in [-0.05, 0) is 20.8 Å². The number of ether oxygens (including phenoxy) is 3. The summed E-state index contributed by atoms with van der Waals surface area (Å²) in [6.07, 6.45) is -1.99. The second-order valence-electron chi connectivity index (χ2n) is 8.92. The zero-order valence-corrected chi connectivity index (χ0v) is 19.4. The third-order valence-corrected chi connectivity index (χ3v) is 6.18.